The zero-order valence-electron chi connectivity index (χ0n) is 8.32. The molecule has 0 spiro atoms. The first-order valence-electron chi connectivity index (χ1n) is 5.16. The second kappa shape index (κ2) is 3.61. The summed E-state index contributed by atoms with van der Waals surface area (Å²) in [5.74, 6) is 0. The predicted molar refractivity (Wildman–Crippen MR) is 66.5 cm³/mol. The molecule has 0 aliphatic heterocycles. The number of fused-ring (bicyclic) bond motifs is 1. The molecule has 0 saturated heterocycles. The van der Waals surface area contributed by atoms with E-state index in [4.69, 9.17) is 5.73 Å². The fraction of sp³-hybridized carbons (Fsp3) is 0.364. The van der Waals surface area contributed by atoms with E-state index < -0.39 is 0 Å². The lowest BCUT2D eigenvalue weighted by atomic mass is 9.99. The molecule has 1 aliphatic rings. The lowest BCUT2D eigenvalue weighted by molar-refractivity contribution is 0.697. The number of thiophene rings is 1. The normalized spacial score (nSPS) is 15.2. The van der Waals surface area contributed by atoms with E-state index in [1.165, 1.54) is 47.5 Å². The van der Waals surface area contributed by atoms with Gasteiger partial charge in [-0.05, 0) is 37.3 Å². The number of rotatable bonds is 1. The molecule has 0 aromatic carbocycles. The Labute approximate surface area is 96.8 Å². The molecule has 0 bridgehead atoms. The maximum atomic E-state index is 5.65. The summed E-state index contributed by atoms with van der Waals surface area (Å²) >= 11 is 3.41. The van der Waals surface area contributed by atoms with Gasteiger partial charge in [-0.25, -0.2) is 4.98 Å². The van der Waals surface area contributed by atoms with Crippen molar-refractivity contribution < 1.29 is 0 Å². The summed E-state index contributed by atoms with van der Waals surface area (Å²) in [5, 5.41) is 2.71. The maximum absolute atomic E-state index is 5.65. The summed E-state index contributed by atoms with van der Waals surface area (Å²) in [7, 11) is 0. The molecule has 1 aliphatic carbocycles. The van der Waals surface area contributed by atoms with Crippen LogP contribution in [-0.2, 0) is 12.8 Å². The van der Waals surface area contributed by atoms with Crippen LogP contribution in [0.5, 0.6) is 0 Å². The van der Waals surface area contributed by atoms with Crippen LogP contribution in [0.25, 0.3) is 10.6 Å². The number of thiazole rings is 1. The summed E-state index contributed by atoms with van der Waals surface area (Å²) in [6, 6.07) is 2.30. The number of nitrogens with two attached hydrogens (primary N) is 1. The van der Waals surface area contributed by atoms with E-state index in [2.05, 4.69) is 11.1 Å². The highest BCUT2D eigenvalue weighted by Gasteiger charge is 2.15. The Bertz CT molecular complexity index is 461. The molecule has 0 saturated carbocycles. The van der Waals surface area contributed by atoms with Crippen molar-refractivity contribution in [3.8, 4) is 10.6 Å². The van der Waals surface area contributed by atoms with Crippen molar-refractivity contribution in [2.75, 3.05) is 5.73 Å². The molecule has 4 heteroatoms. The minimum absolute atomic E-state index is 0.663. The lowest BCUT2D eigenvalue weighted by Gasteiger charge is -2.08. The Morgan fingerprint density at radius 2 is 2.13 bits per heavy atom. The van der Waals surface area contributed by atoms with Gasteiger partial charge < -0.3 is 5.73 Å². The second-order valence-electron chi connectivity index (χ2n) is 3.84. The molecular weight excluding hydrogens is 224 g/mol. The van der Waals surface area contributed by atoms with Gasteiger partial charge in [0.1, 0.15) is 0 Å². The van der Waals surface area contributed by atoms with E-state index in [1.54, 1.807) is 4.88 Å². The Morgan fingerprint density at radius 3 is 2.87 bits per heavy atom. The van der Waals surface area contributed by atoms with Gasteiger partial charge in [0.25, 0.3) is 0 Å². The van der Waals surface area contributed by atoms with Gasteiger partial charge in [0.2, 0.25) is 0 Å². The molecule has 0 unspecified atom stereocenters. The number of aromatic nitrogens is 1. The number of anilines is 1. The topological polar surface area (TPSA) is 38.9 Å². The van der Waals surface area contributed by atoms with Crippen LogP contribution in [0.3, 0.4) is 0 Å². The highest BCUT2D eigenvalue weighted by Crippen LogP contribution is 2.36. The van der Waals surface area contributed by atoms with Crippen molar-refractivity contribution in [2.24, 2.45) is 0 Å². The summed E-state index contributed by atoms with van der Waals surface area (Å²) < 4.78 is 0. The van der Waals surface area contributed by atoms with Crippen molar-refractivity contribution >= 4 is 27.8 Å². The maximum Gasteiger partial charge on any atom is 0.180 e. The average molecular weight is 236 g/mol. The number of aryl methyl sites for hydroxylation is 2. The third-order valence-electron chi connectivity index (χ3n) is 2.77. The Hall–Kier alpha value is -0.870. The molecule has 2 N–H and O–H groups in total. The number of hydrogen-bond donors (Lipinski definition) is 1. The SMILES string of the molecule is Nc1nc(-c2cc3c(s2)CCCC3)cs1. The largest absolute Gasteiger partial charge is 0.375 e. The Kier molecular flexibility index (Phi) is 2.25. The van der Waals surface area contributed by atoms with Crippen molar-refractivity contribution in [3.05, 3.63) is 21.9 Å². The van der Waals surface area contributed by atoms with Crippen LogP contribution in [0.1, 0.15) is 23.3 Å². The van der Waals surface area contributed by atoms with Gasteiger partial charge >= 0.3 is 0 Å². The third-order valence-corrected chi connectivity index (χ3v) is 4.70. The van der Waals surface area contributed by atoms with Crippen molar-refractivity contribution in [2.45, 2.75) is 25.7 Å². The molecule has 0 fully saturated rings. The van der Waals surface area contributed by atoms with E-state index in [-0.39, 0.29) is 0 Å². The molecule has 78 valence electrons. The fourth-order valence-electron chi connectivity index (χ4n) is 2.02. The minimum Gasteiger partial charge on any atom is -0.375 e. The summed E-state index contributed by atoms with van der Waals surface area (Å²) in [5.41, 5.74) is 8.24. The highest BCUT2D eigenvalue weighted by atomic mass is 32.1. The van der Waals surface area contributed by atoms with E-state index in [0.29, 0.717) is 5.13 Å². The quantitative estimate of drug-likeness (QED) is 0.825. The van der Waals surface area contributed by atoms with Gasteiger partial charge in [0.05, 0.1) is 10.6 Å². The first-order valence-corrected chi connectivity index (χ1v) is 6.85. The number of nitrogen functional groups attached to an aromatic ring is 1. The van der Waals surface area contributed by atoms with Crippen LogP contribution in [-0.4, -0.2) is 4.98 Å². The minimum atomic E-state index is 0.663. The molecule has 15 heavy (non-hydrogen) atoms. The fourth-order valence-corrected chi connectivity index (χ4v) is 3.87. The van der Waals surface area contributed by atoms with Gasteiger partial charge in [0.15, 0.2) is 5.13 Å². The molecule has 2 aromatic heterocycles. The number of nitrogens with zero attached hydrogens (tertiary/aromatic N) is 1. The monoisotopic (exact) mass is 236 g/mol. The first kappa shape index (κ1) is 9.36. The van der Waals surface area contributed by atoms with Crippen LogP contribution in [0.2, 0.25) is 0 Å². The molecule has 2 aromatic rings. The van der Waals surface area contributed by atoms with Gasteiger partial charge in [-0.3, -0.25) is 0 Å². The summed E-state index contributed by atoms with van der Waals surface area (Å²) in [4.78, 5) is 7.18. The van der Waals surface area contributed by atoms with E-state index in [1.807, 2.05) is 16.7 Å². The highest BCUT2D eigenvalue weighted by molar-refractivity contribution is 7.17. The first-order chi connectivity index (χ1) is 7.33. The smallest absolute Gasteiger partial charge is 0.180 e. The van der Waals surface area contributed by atoms with Gasteiger partial charge in [0, 0.05) is 10.3 Å². The van der Waals surface area contributed by atoms with Crippen LogP contribution in [0.4, 0.5) is 5.13 Å². The standard InChI is InChI=1S/C11H12N2S2/c12-11-13-8(6-14-11)10-5-7-3-1-2-4-9(7)15-10/h5-6H,1-4H2,(H2,12,13). The zero-order valence-corrected chi connectivity index (χ0v) is 9.96. The molecular formula is C11H12N2S2. The predicted octanol–water partition coefficient (Wildman–Crippen LogP) is 3.33. The lowest BCUT2D eigenvalue weighted by Crippen LogP contribution is -1.96. The Morgan fingerprint density at radius 1 is 1.27 bits per heavy atom. The van der Waals surface area contributed by atoms with Gasteiger partial charge in [-0.2, -0.15) is 0 Å². The summed E-state index contributed by atoms with van der Waals surface area (Å²) in [6.45, 7) is 0. The Balaban J connectivity index is 2.02. The molecule has 0 atom stereocenters. The van der Waals surface area contributed by atoms with Crippen LogP contribution in [0, 0.1) is 0 Å². The van der Waals surface area contributed by atoms with Gasteiger partial charge in [-0.15, -0.1) is 22.7 Å². The molecule has 0 amide bonds. The summed E-state index contributed by atoms with van der Waals surface area (Å²) in [6.07, 6.45) is 5.17. The molecule has 2 nitrogen and oxygen atoms in total. The van der Waals surface area contributed by atoms with Crippen LogP contribution in [0.15, 0.2) is 11.4 Å². The van der Waals surface area contributed by atoms with Crippen LogP contribution >= 0.6 is 22.7 Å². The number of hydrogen-bond acceptors (Lipinski definition) is 4. The van der Waals surface area contributed by atoms with E-state index >= 15 is 0 Å². The average Bonchev–Trinajstić information content (AvgIpc) is 2.82. The van der Waals surface area contributed by atoms with Crippen LogP contribution < -0.4 is 5.73 Å². The van der Waals surface area contributed by atoms with Crippen molar-refractivity contribution in [3.63, 3.8) is 0 Å². The van der Waals surface area contributed by atoms with Gasteiger partial charge in [-0.1, -0.05) is 0 Å². The third kappa shape index (κ3) is 1.68. The van der Waals surface area contributed by atoms with Crippen molar-refractivity contribution in [1.29, 1.82) is 0 Å². The van der Waals surface area contributed by atoms with E-state index in [0.717, 1.165) is 5.69 Å². The second-order valence-corrected chi connectivity index (χ2v) is 5.86. The molecule has 0 radical (unpaired) electrons. The zero-order chi connectivity index (χ0) is 10.3. The molecule has 2 heterocycles. The molecule has 3 rings (SSSR count). The van der Waals surface area contributed by atoms with E-state index in [9.17, 15) is 0 Å². The van der Waals surface area contributed by atoms with Crippen molar-refractivity contribution in [1.82, 2.24) is 4.98 Å².